The van der Waals surface area contributed by atoms with E-state index < -0.39 is 0 Å². The van der Waals surface area contributed by atoms with Crippen molar-refractivity contribution in [3.8, 4) is 5.75 Å². The van der Waals surface area contributed by atoms with E-state index >= 15 is 0 Å². The summed E-state index contributed by atoms with van der Waals surface area (Å²) in [6, 6.07) is 14.1. The number of Topliss-reactive ketones (excluding diaryl/α,β-unsaturated/α-hetero) is 1. The zero-order valence-electron chi connectivity index (χ0n) is 13.6. The summed E-state index contributed by atoms with van der Waals surface area (Å²) in [6.07, 6.45) is 0. The SMILES string of the molecule is COc1ccc(C)cc1CSc1ccc(C(=O)C(C)C)cc1. The zero-order valence-corrected chi connectivity index (χ0v) is 14.4. The fourth-order valence-electron chi connectivity index (χ4n) is 2.23. The fourth-order valence-corrected chi connectivity index (χ4v) is 3.11. The number of aryl methyl sites for hydroxylation is 1. The molecule has 0 amide bonds. The number of methoxy groups -OCH3 is 1. The molecule has 0 aromatic heterocycles. The highest BCUT2D eigenvalue weighted by Gasteiger charge is 2.10. The smallest absolute Gasteiger partial charge is 0.165 e. The summed E-state index contributed by atoms with van der Waals surface area (Å²) >= 11 is 1.75. The van der Waals surface area contributed by atoms with Gasteiger partial charge in [-0.1, -0.05) is 43.7 Å². The average molecular weight is 314 g/mol. The maximum Gasteiger partial charge on any atom is 0.165 e. The Morgan fingerprint density at radius 3 is 2.41 bits per heavy atom. The zero-order chi connectivity index (χ0) is 16.1. The van der Waals surface area contributed by atoms with Crippen LogP contribution in [-0.4, -0.2) is 12.9 Å². The average Bonchev–Trinajstić information content (AvgIpc) is 2.52. The predicted octanol–water partition coefficient (Wildman–Crippen LogP) is 5.13. The maximum absolute atomic E-state index is 11.9. The lowest BCUT2D eigenvalue weighted by molar-refractivity contribution is 0.0939. The second kappa shape index (κ2) is 7.50. The summed E-state index contributed by atoms with van der Waals surface area (Å²) in [5.41, 5.74) is 3.21. The van der Waals surface area contributed by atoms with Gasteiger partial charge in [-0.15, -0.1) is 11.8 Å². The first-order valence-electron chi connectivity index (χ1n) is 7.42. The summed E-state index contributed by atoms with van der Waals surface area (Å²) in [5.74, 6) is 2.00. The molecular weight excluding hydrogens is 292 g/mol. The van der Waals surface area contributed by atoms with Gasteiger partial charge in [-0.2, -0.15) is 0 Å². The minimum Gasteiger partial charge on any atom is -0.496 e. The molecule has 2 aromatic rings. The Balaban J connectivity index is 2.06. The fraction of sp³-hybridized carbons (Fsp3) is 0.316. The van der Waals surface area contributed by atoms with Crippen LogP contribution in [-0.2, 0) is 5.75 Å². The molecule has 0 unspecified atom stereocenters. The van der Waals surface area contributed by atoms with Crippen molar-refractivity contribution in [2.45, 2.75) is 31.4 Å². The number of rotatable bonds is 6. The molecule has 0 spiro atoms. The topological polar surface area (TPSA) is 26.3 Å². The first kappa shape index (κ1) is 16.6. The molecule has 2 nitrogen and oxygen atoms in total. The number of hydrogen-bond acceptors (Lipinski definition) is 3. The Morgan fingerprint density at radius 1 is 1.14 bits per heavy atom. The highest BCUT2D eigenvalue weighted by Crippen LogP contribution is 2.29. The van der Waals surface area contributed by atoms with Crippen molar-refractivity contribution in [1.29, 1.82) is 0 Å². The van der Waals surface area contributed by atoms with E-state index in [1.54, 1.807) is 18.9 Å². The standard InChI is InChI=1S/C19H22O2S/c1-13(2)19(20)15-6-8-17(9-7-15)22-12-16-11-14(3)5-10-18(16)21-4/h5-11,13H,12H2,1-4H3. The van der Waals surface area contributed by atoms with E-state index in [1.807, 2.05) is 44.2 Å². The van der Waals surface area contributed by atoms with E-state index in [0.29, 0.717) is 0 Å². The van der Waals surface area contributed by atoms with Crippen LogP contribution in [0.4, 0.5) is 0 Å². The molecular formula is C19H22O2S. The van der Waals surface area contributed by atoms with Gasteiger partial charge in [0.25, 0.3) is 0 Å². The van der Waals surface area contributed by atoms with Crippen LogP contribution in [0.1, 0.15) is 35.3 Å². The second-order valence-corrected chi connectivity index (χ2v) is 6.70. The number of ketones is 1. The molecule has 116 valence electrons. The van der Waals surface area contributed by atoms with E-state index in [0.717, 1.165) is 22.0 Å². The van der Waals surface area contributed by atoms with Crippen molar-refractivity contribution in [3.63, 3.8) is 0 Å². The Bertz CT molecular complexity index is 645. The summed E-state index contributed by atoms with van der Waals surface area (Å²) in [7, 11) is 1.70. The van der Waals surface area contributed by atoms with Gasteiger partial charge in [-0.3, -0.25) is 4.79 Å². The van der Waals surface area contributed by atoms with E-state index in [1.165, 1.54) is 11.1 Å². The maximum atomic E-state index is 11.9. The molecule has 2 rings (SSSR count). The number of benzene rings is 2. The highest BCUT2D eigenvalue weighted by atomic mass is 32.2. The normalized spacial score (nSPS) is 10.8. The molecule has 0 fully saturated rings. The van der Waals surface area contributed by atoms with Gasteiger partial charge < -0.3 is 4.74 Å². The molecule has 2 aromatic carbocycles. The molecule has 0 heterocycles. The first-order valence-corrected chi connectivity index (χ1v) is 8.40. The number of ether oxygens (including phenoxy) is 1. The van der Waals surface area contributed by atoms with E-state index in [9.17, 15) is 4.79 Å². The summed E-state index contributed by atoms with van der Waals surface area (Å²) < 4.78 is 5.41. The van der Waals surface area contributed by atoms with Crippen LogP contribution in [0.25, 0.3) is 0 Å². The van der Waals surface area contributed by atoms with Crippen LogP contribution in [0, 0.1) is 12.8 Å². The summed E-state index contributed by atoms with van der Waals surface area (Å²) in [5, 5.41) is 0. The molecule has 0 N–H and O–H groups in total. The molecule has 0 radical (unpaired) electrons. The van der Waals surface area contributed by atoms with Crippen molar-refractivity contribution in [2.24, 2.45) is 5.92 Å². The highest BCUT2D eigenvalue weighted by molar-refractivity contribution is 7.98. The number of carbonyl (C=O) groups is 1. The van der Waals surface area contributed by atoms with Gasteiger partial charge in [0.2, 0.25) is 0 Å². The van der Waals surface area contributed by atoms with Crippen LogP contribution in [0.2, 0.25) is 0 Å². The minimum atomic E-state index is 0.0371. The van der Waals surface area contributed by atoms with Crippen LogP contribution >= 0.6 is 11.8 Å². The molecule has 0 aliphatic carbocycles. The summed E-state index contributed by atoms with van der Waals surface area (Å²) in [4.78, 5) is 13.1. The third-order valence-electron chi connectivity index (χ3n) is 3.49. The Kier molecular flexibility index (Phi) is 5.67. The third-order valence-corrected chi connectivity index (χ3v) is 4.55. The Labute approximate surface area is 136 Å². The molecule has 22 heavy (non-hydrogen) atoms. The van der Waals surface area contributed by atoms with E-state index in [2.05, 4.69) is 19.1 Å². The third kappa shape index (κ3) is 4.14. The predicted molar refractivity (Wildman–Crippen MR) is 92.9 cm³/mol. The minimum absolute atomic E-state index is 0.0371. The van der Waals surface area contributed by atoms with Crippen molar-refractivity contribution in [1.82, 2.24) is 0 Å². The largest absolute Gasteiger partial charge is 0.496 e. The lowest BCUT2D eigenvalue weighted by Crippen LogP contribution is -2.06. The second-order valence-electron chi connectivity index (χ2n) is 5.65. The first-order chi connectivity index (χ1) is 10.5. The lowest BCUT2D eigenvalue weighted by Gasteiger charge is -2.10. The van der Waals surface area contributed by atoms with Gasteiger partial charge in [-0.25, -0.2) is 0 Å². The van der Waals surface area contributed by atoms with Crippen molar-refractivity contribution in [3.05, 3.63) is 59.2 Å². The Hall–Kier alpha value is -1.74. The van der Waals surface area contributed by atoms with Crippen LogP contribution < -0.4 is 4.74 Å². The van der Waals surface area contributed by atoms with Crippen LogP contribution in [0.15, 0.2) is 47.4 Å². The van der Waals surface area contributed by atoms with Crippen molar-refractivity contribution in [2.75, 3.05) is 7.11 Å². The van der Waals surface area contributed by atoms with Crippen LogP contribution in [0.3, 0.4) is 0 Å². The van der Waals surface area contributed by atoms with Gasteiger partial charge in [0.1, 0.15) is 5.75 Å². The van der Waals surface area contributed by atoms with Crippen molar-refractivity contribution < 1.29 is 9.53 Å². The van der Waals surface area contributed by atoms with E-state index in [-0.39, 0.29) is 11.7 Å². The van der Waals surface area contributed by atoms with Gasteiger partial charge in [-0.05, 0) is 25.1 Å². The Morgan fingerprint density at radius 2 is 1.82 bits per heavy atom. The van der Waals surface area contributed by atoms with Gasteiger partial charge >= 0.3 is 0 Å². The number of hydrogen-bond donors (Lipinski definition) is 0. The number of thioether (sulfide) groups is 1. The van der Waals surface area contributed by atoms with Crippen molar-refractivity contribution >= 4 is 17.5 Å². The molecule has 0 saturated carbocycles. The number of carbonyl (C=O) groups excluding carboxylic acids is 1. The molecule has 0 atom stereocenters. The molecule has 0 aliphatic rings. The summed E-state index contributed by atoms with van der Waals surface area (Å²) in [6.45, 7) is 5.93. The molecule has 0 aliphatic heterocycles. The molecule has 0 bridgehead atoms. The van der Waals surface area contributed by atoms with Crippen LogP contribution in [0.5, 0.6) is 5.75 Å². The quantitative estimate of drug-likeness (QED) is 0.546. The molecule has 3 heteroatoms. The lowest BCUT2D eigenvalue weighted by atomic mass is 10.0. The molecule has 0 saturated heterocycles. The van der Waals surface area contributed by atoms with Gasteiger partial charge in [0.15, 0.2) is 5.78 Å². The monoisotopic (exact) mass is 314 g/mol. The van der Waals surface area contributed by atoms with Gasteiger partial charge in [0.05, 0.1) is 7.11 Å². The van der Waals surface area contributed by atoms with Gasteiger partial charge in [0, 0.05) is 27.7 Å². The van der Waals surface area contributed by atoms with E-state index in [4.69, 9.17) is 4.74 Å².